The third-order valence-corrected chi connectivity index (χ3v) is 2.89. The Labute approximate surface area is 103 Å². The summed E-state index contributed by atoms with van der Waals surface area (Å²) >= 11 is 0. The van der Waals surface area contributed by atoms with E-state index >= 15 is 0 Å². The second-order valence-corrected chi connectivity index (χ2v) is 3.98. The van der Waals surface area contributed by atoms with Gasteiger partial charge in [-0.25, -0.2) is 4.79 Å². The SMILES string of the molecule is CO[C@@H]1C(O)[C@H](n2ccc(N)nc2=O)O[C@@H]1CO. The molecule has 1 aromatic heterocycles. The molecule has 0 aliphatic carbocycles. The molecule has 1 aliphatic heterocycles. The molecule has 18 heavy (non-hydrogen) atoms. The number of anilines is 1. The van der Waals surface area contributed by atoms with Gasteiger partial charge in [-0.15, -0.1) is 0 Å². The standard InChI is InChI=1S/C10H15N3O5/c1-17-8-5(4-14)18-9(7(8)15)13-3-2-6(11)12-10(13)16/h2-3,5,7-9,14-15H,4H2,1H3,(H2,11,12,16)/t5-,7?,8+,9-/m1/s1. The van der Waals surface area contributed by atoms with Crippen molar-refractivity contribution >= 4 is 5.82 Å². The van der Waals surface area contributed by atoms with Crippen molar-refractivity contribution in [1.29, 1.82) is 0 Å². The van der Waals surface area contributed by atoms with Crippen LogP contribution in [0.4, 0.5) is 5.82 Å². The number of nitrogens with two attached hydrogens (primary N) is 1. The first-order valence-electron chi connectivity index (χ1n) is 5.40. The fourth-order valence-electron chi connectivity index (χ4n) is 2.01. The maximum Gasteiger partial charge on any atom is 0.351 e. The molecular formula is C10H15N3O5. The molecule has 8 heteroatoms. The van der Waals surface area contributed by atoms with Gasteiger partial charge in [0, 0.05) is 13.3 Å². The summed E-state index contributed by atoms with van der Waals surface area (Å²) in [6, 6.07) is 1.42. The number of nitrogens with zero attached hydrogens (tertiary/aromatic N) is 2. The molecule has 0 spiro atoms. The summed E-state index contributed by atoms with van der Waals surface area (Å²) in [5.41, 5.74) is 4.74. The predicted octanol–water partition coefficient (Wildman–Crippen LogP) is -1.91. The maximum atomic E-state index is 11.6. The smallest absolute Gasteiger partial charge is 0.351 e. The third-order valence-electron chi connectivity index (χ3n) is 2.89. The normalized spacial score (nSPS) is 31.7. The van der Waals surface area contributed by atoms with Crippen molar-refractivity contribution in [3.63, 3.8) is 0 Å². The van der Waals surface area contributed by atoms with E-state index in [0.717, 1.165) is 4.57 Å². The number of methoxy groups -OCH3 is 1. The number of rotatable bonds is 3. The number of hydrogen-bond acceptors (Lipinski definition) is 7. The molecule has 8 nitrogen and oxygen atoms in total. The Balaban J connectivity index is 2.32. The molecule has 100 valence electrons. The molecule has 2 heterocycles. The van der Waals surface area contributed by atoms with E-state index in [4.69, 9.17) is 20.3 Å². The molecule has 0 aromatic carbocycles. The Kier molecular flexibility index (Phi) is 3.62. The average Bonchev–Trinajstić information content (AvgIpc) is 2.66. The Morgan fingerprint density at radius 1 is 1.67 bits per heavy atom. The van der Waals surface area contributed by atoms with Crippen LogP contribution in [0.5, 0.6) is 0 Å². The zero-order valence-corrected chi connectivity index (χ0v) is 9.76. The molecule has 0 radical (unpaired) electrons. The summed E-state index contributed by atoms with van der Waals surface area (Å²) in [5.74, 6) is 0.0886. The minimum absolute atomic E-state index is 0.0886. The highest BCUT2D eigenvalue weighted by molar-refractivity contribution is 5.23. The van der Waals surface area contributed by atoms with Gasteiger partial charge < -0.3 is 25.4 Å². The van der Waals surface area contributed by atoms with Gasteiger partial charge in [-0.05, 0) is 6.07 Å². The van der Waals surface area contributed by atoms with Crippen molar-refractivity contribution in [2.24, 2.45) is 0 Å². The number of ether oxygens (including phenoxy) is 2. The van der Waals surface area contributed by atoms with Crippen LogP contribution < -0.4 is 11.4 Å². The molecule has 1 unspecified atom stereocenters. The number of aliphatic hydroxyl groups is 2. The molecule has 1 fully saturated rings. The molecule has 0 bridgehead atoms. The van der Waals surface area contributed by atoms with Crippen molar-refractivity contribution in [2.75, 3.05) is 19.5 Å². The molecule has 0 amide bonds. The second-order valence-electron chi connectivity index (χ2n) is 3.98. The van der Waals surface area contributed by atoms with Crippen LogP contribution in [0.2, 0.25) is 0 Å². The summed E-state index contributed by atoms with van der Waals surface area (Å²) in [4.78, 5) is 15.2. The Bertz CT molecular complexity index is 477. The molecule has 0 saturated carbocycles. The van der Waals surface area contributed by atoms with Gasteiger partial charge in [0.05, 0.1) is 6.61 Å². The highest BCUT2D eigenvalue weighted by Gasteiger charge is 2.45. The predicted molar refractivity (Wildman–Crippen MR) is 60.7 cm³/mol. The van der Waals surface area contributed by atoms with Crippen LogP contribution in [0.1, 0.15) is 6.23 Å². The van der Waals surface area contributed by atoms with Crippen molar-refractivity contribution < 1.29 is 19.7 Å². The van der Waals surface area contributed by atoms with E-state index in [2.05, 4.69) is 4.98 Å². The van der Waals surface area contributed by atoms with Gasteiger partial charge in [-0.2, -0.15) is 4.98 Å². The van der Waals surface area contributed by atoms with Crippen molar-refractivity contribution in [3.05, 3.63) is 22.7 Å². The molecule has 1 saturated heterocycles. The number of aliphatic hydroxyl groups excluding tert-OH is 2. The number of nitrogen functional groups attached to an aromatic ring is 1. The zero-order valence-electron chi connectivity index (χ0n) is 9.76. The van der Waals surface area contributed by atoms with E-state index in [1.807, 2.05) is 0 Å². The lowest BCUT2D eigenvalue weighted by Gasteiger charge is -2.18. The van der Waals surface area contributed by atoms with Crippen LogP contribution in [0, 0.1) is 0 Å². The van der Waals surface area contributed by atoms with Gasteiger partial charge in [-0.3, -0.25) is 4.57 Å². The molecule has 1 aliphatic rings. The molecule has 1 aromatic rings. The van der Waals surface area contributed by atoms with Crippen molar-refractivity contribution in [1.82, 2.24) is 9.55 Å². The highest BCUT2D eigenvalue weighted by atomic mass is 16.6. The van der Waals surface area contributed by atoms with Crippen LogP contribution in [0.3, 0.4) is 0 Å². The lowest BCUT2D eigenvalue weighted by molar-refractivity contribution is -0.0568. The number of hydrogen-bond donors (Lipinski definition) is 3. The van der Waals surface area contributed by atoms with E-state index in [1.54, 1.807) is 0 Å². The largest absolute Gasteiger partial charge is 0.394 e. The maximum absolute atomic E-state index is 11.6. The van der Waals surface area contributed by atoms with Crippen LogP contribution in [-0.4, -0.2) is 51.8 Å². The average molecular weight is 257 g/mol. The summed E-state index contributed by atoms with van der Waals surface area (Å²) in [6.45, 7) is -0.316. The van der Waals surface area contributed by atoms with Gasteiger partial charge in [0.2, 0.25) is 0 Å². The van der Waals surface area contributed by atoms with E-state index < -0.39 is 30.2 Å². The Hall–Kier alpha value is -1.48. The van der Waals surface area contributed by atoms with Crippen LogP contribution in [-0.2, 0) is 9.47 Å². The Morgan fingerprint density at radius 2 is 2.39 bits per heavy atom. The van der Waals surface area contributed by atoms with E-state index in [0.29, 0.717) is 0 Å². The first-order valence-corrected chi connectivity index (χ1v) is 5.40. The minimum Gasteiger partial charge on any atom is -0.394 e. The minimum atomic E-state index is -1.07. The quantitative estimate of drug-likeness (QED) is 0.578. The van der Waals surface area contributed by atoms with Gasteiger partial charge in [-0.1, -0.05) is 0 Å². The summed E-state index contributed by atoms with van der Waals surface area (Å²) in [5, 5.41) is 19.1. The topological polar surface area (TPSA) is 120 Å². The second kappa shape index (κ2) is 5.02. The fourth-order valence-corrected chi connectivity index (χ4v) is 2.01. The summed E-state index contributed by atoms with van der Waals surface area (Å²) in [6.07, 6.45) is -2.04. The van der Waals surface area contributed by atoms with E-state index in [1.165, 1.54) is 19.4 Å². The van der Waals surface area contributed by atoms with E-state index in [-0.39, 0.29) is 12.4 Å². The first kappa shape index (κ1) is 13.0. The van der Waals surface area contributed by atoms with Gasteiger partial charge in [0.25, 0.3) is 0 Å². The lowest BCUT2D eigenvalue weighted by Crippen LogP contribution is -2.37. The molecule has 4 atom stereocenters. The fraction of sp³-hybridized carbons (Fsp3) is 0.600. The van der Waals surface area contributed by atoms with Crippen molar-refractivity contribution in [2.45, 2.75) is 24.5 Å². The first-order chi connectivity index (χ1) is 8.58. The zero-order chi connectivity index (χ0) is 13.3. The van der Waals surface area contributed by atoms with Gasteiger partial charge in [0.1, 0.15) is 24.1 Å². The van der Waals surface area contributed by atoms with E-state index in [9.17, 15) is 9.90 Å². The molecular weight excluding hydrogens is 242 g/mol. The number of aromatic nitrogens is 2. The highest BCUT2D eigenvalue weighted by Crippen LogP contribution is 2.29. The summed E-state index contributed by atoms with van der Waals surface area (Å²) < 4.78 is 11.6. The lowest BCUT2D eigenvalue weighted by atomic mass is 10.1. The molecule has 2 rings (SSSR count). The third kappa shape index (κ3) is 2.10. The van der Waals surface area contributed by atoms with Crippen molar-refractivity contribution in [3.8, 4) is 0 Å². The molecule has 4 N–H and O–H groups in total. The van der Waals surface area contributed by atoms with Gasteiger partial charge in [0.15, 0.2) is 6.23 Å². The van der Waals surface area contributed by atoms with Crippen LogP contribution >= 0.6 is 0 Å². The van der Waals surface area contributed by atoms with Crippen LogP contribution in [0.15, 0.2) is 17.1 Å². The summed E-state index contributed by atoms with van der Waals surface area (Å²) in [7, 11) is 1.40. The van der Waals surface area contributed by atoms with Gasteiger partial charge >= 0.3 is 5.69 Å². The van der Waals surface area contributed by atoms with Crippen LogP contribution in [0.25, 0.3) is 0 Å². The Morgan fingerprint density at radius 3 is 2.89 bits per heavy atom. The monoisotopic (exact) mass is 257 g/mol.